The summed E-state index contributed by atoms with van der Waals surface area (Å²) in [6, 6.07) is 1.13. The van der Waals surface area contributed by atoms with Crippen molar-refractivity contribution in [3.05, 3.63) is 33.1 Å². The van der Waals surface area contributed by atoms with Crippen molar-refractivity contribution in [2.24, 2.45) is 0 Å². The van der Waals surface area contributed by atoms with Crippen LogP contribution >= 0.6 is 7.60 Å². The maximum atomic E-state index is 11.4. The molecule has 1 aromatic heterocycles. The fourth-order valence-corrected chi connectivity index (χ4v) is 1.60. The van der Waals surface area contributed by atoms with Crippen molar-refractivity contribution in [3.63, 3.8) is 0 Å². The van der Waals surface area contributed by atoms with E-state index in [1.807, 2.05) is 4.98 Å². The molecule has 0 spiro atoms. The summed E-state index contributed by atoms with van der Waals surface area (Å²) < 4.78 is 16.7. The van der Waals surface area contributed by atoms with Gasteiger partial charge in [-0.1, -0.05) is 6.92 Å². The molecule has 3 N–H and O–H groups in total. The second-order valence-electron chi connectivity index (χ2n) is 3.34. The van der Waals surface area contributed by atoms with Crippen molar-refractivity contribution in [2.75, 3.05) is 6.35 Å². The summed E-state index contributed by atoms with van der Waals surface area (Å²) in [5.74, 6) is 0. The number of rotatable bonds is 5. The molecule has 1 heterocycles. The number of hydrogen-bond acceptors (Lipinski definition) is 4. The van der Waals surface area contributed by atoms with Crippen molar-refractivity contribution >= 4 is 7.60 Å². The van der Waals surface area contributed by atoms with Gasteiger partial charge in [-0.3, -0.25) is 18.9 Å². The molecule has 8 nitrogen and oxygen atoms in total. The summed E-state index contributed by atoms with van der Waals surface area (Å²) in [5.41, 5.74) is -1.23. The highest BCUT2D eigenvalue weighted by atomic mass is 31.2. The van der Waals surface area contributed by atoms with Crippen LogP contribution in [0.1, 0.15) is 19.6 Å². The lowest BCUT2D eigenvalue weighted by molar-refractivity contribution is 0.0157. The summed E-state index contributed by atoms with van der Waals surface area (Å²) in [5, 5.41) is 0. The number of nitrogens with one attached hydrogen (secondary N) is 1. The number of aromatic nitrogens is 2. The molecule has 1 rings (SSSR count). The van der Waals surface area contributed by atoms with Crippen molar-refractivity contribution in [1.82, 2.24) is 9.55 Å². The molecule has 0 saturated heterocycles. The molecule has 0 amide bonds. The lowest BCUT2D eigenvalue weighted by atomic mass is 10.4. The lowest BCUT2D eigenvalue weighted by Crippen LogP contribution is -2.32. The van der Waals surface area contributed by atoms with E-state index in [1.54, 1.807) is 6.92 Å². The van der Waals surface area contributed by atoms with Crippen LogP contribution < -0.4 is 11.2 Å². The van der Waals surface area contributed by atoms with Gasteiger partial charge < -0.3 is 14.5 Å². The number of aromatic amines is 1. The first kappa shape index (κ1) is 13.9. The van der Waals surface area contributed by atoms with Gasteiger partial charge in [-0.25, -0.2) is 4.79 Å². The van der Waals surface area contributed by atoms with Crippen molar-refractivity contribution in [1.29, 1.82) is 0 Å². The minimum absolute atomic E-state index is 0.325. The Kier molecular flexibility index (Phi) is 4.41. The third-order valence-corrected chi connectivity index (χ3v) is 2.43. The van der Waals surface area contributed by atoms with Crippen LogP contribution in [0.15, 0.2) is 21.9 Å². The molecule has 0 aromatic carbocycles. The number of hydrogen-bond donors (Lipinski definition) is 3. The first-order valence-corrected chi connectivity index (χ1v) is 6.61. The van der Waals surface area contributed by atoms with E-state index in [9.17, 15) is 14.2 Å². The molecule has 17 heavy (non-hydrogen) atoms. The quantitative estimate of drug-likeness (QED) is 0.622. The van der Waals surface area contributed by atoms with E-state index < -0.39 is 31.4 Å². The van der Waals surface area contributed by atoms with Gasteiger partial charge in [0.25, 0.3) is 5.56 Å². The van der Waals surface area contributed by atoms with Gasteiger partial charge in [-0.05, 0) is 6.42 Å². The fourth-order valence-electron chi connectivity index (χ4n) is 1.23. The molecule has 0 bridgehead atoms. The van der Waals surface area contributed by atoms with E-state index in [4.69, 9.17) is 14.5 Å². The first-order valence-electron chi connectivity index (χ1n) is 4.81. The minimum Gasteiger partial charge on any atom is -0.345 e. The zero-order valence-corrected chi connectivity index (χ0v) is 9.96. The van der Waals surface area contributed by atoms with Crippen molar-refractivity contribution < 1.29 is 19.1 Å². The van der Waals surface area contributed by atoms with Gasteiger partial charge >= 0.3 is 13.3 Å². The summed E-state index contributed by atoms with van der Waals surface area (Å²) in [4.78, 5) is 41.6. The zero-order valence-electron chi connectivity index (χ0n) is 9.07. The molecular formula is C8H13N2O6P. The molecule has 1 atom stereocenters. The Morgan fingerprint density at radius 1 is 1.53 bits per heavy atom. The second-order valence-corrected chi connectivity index (χ2v) is 4.93. The Bertz CT molecular complexity index is 529. The summed E-state index contributed by atoms with van der Waals surface area (Å²) >= 11 is 0. The predicted molar refractivity (Wildman–Crippen MR) is 58.6 cm³/mol. The van der Waals surface area contributed by atoms with E-state index >= 15 is 0 Å². The van der Waals surface area contributed by atoms with Crippen LogP contribution in [-0.4, -0.2) is 25.7 Å². The topological polar surface area (TPSA) is 122 Å². The molecule has 0 radical (unpaired) electrons. The summed E-state index contributed by atoms with van der Waals surface area (Å²) in [6.07, 6.45) is -0.0649. The highest BCUT2D eigenvalue weighted by molar-refractivity contribution is 7.51. The number of H-pyrrole nitrogens is 1. The molecular weight excluding hydrogens is 251 g/mol. The van der Waals surface area contributed by atoms with E-state index in [0.717, 1.165) is 10.6 Å². The Morgan fingerprint density at radius 3 is 2.65 bits per heavy atom. The number of ether oxygens (including phenoxy) is 1. The average molecular weight is 264 g/mol. The Morgan fingerprint density at radius 2 is 2.18 bits per heavy atom. The van der Waals surface area contributed by atoms with E-state index in [1.165, 1.54) is 6.20 Å². The maximum Gasteiger partial charge on any atom is 0.351 e. The molecule has 1 aromatic rings. The highest BCUT2D eigenvalue weighted by Gasteiger charge is 2.18. The number of nitrogens with zero attached hydrogens (tertiary/aromatic N) is 1. The first-order chi connectivity index (χ1) is 7.83. The SMILES string of the molecule is CCC(OCP(=O)(O)O)n1ccc(=O)[nH]c1=O. The molecule has 1 unspecified atom stereocenters. The Hall–Kier alpha value is -1.21. The lowest BCUT2D eigenvalue weighted by Gasteiger charge is -2.18. The zero-order chi connectivity index (χ0) is 13.1. The molecule has 96 valence electrons. The third-order valence-electron chi connectivity index (χ3n) is 1.95. The van der Waals surface area contributed by atoms with Gasteiger partial charge in [0.2, 0.25) is 0 Å². The standard InChI is InChI=1S/C8H13N2O6P/c1-2-7(16-5-17(13,14)15)10-4-3-6(11)9-8(10)12/h3-4,7H,2,5H2,1H3,(H,9,11,12)(H2,13,14,15). The van der Waals surface area contributed by atoms with E-state index in [0.29, 0.717) is 6.42 Å². The van der Waals surface area contributed by atoms with Gasteiger partial charge in [0.05, 0.1) is 0 Å². The van der Waals surface area contributed by atoms with E-state index in [-0.39, 0.29) is 0 Å². The van der Waals surface area contributed by atoms with Crippen LogP contribution in [0.25, 0.3) is 0 Å². The van der Waals surface area contributed by atoms with Crippen LogP contribution in [0.3, 0.4) is 0 Å². The normalized spacial score (nSPS) is 13.6. The van der Waals surface area contributed by atoms with Gasteiger partial charge in [0, 0.05) is 12.3 Å². The molecule has 9 heteroatoms. The summed E-state index contributed by atoms with van der Waals surface area (Å²) in [7, 11) is -4.29. The van der Waals surface area contributed by atoms with Gasteiger partial charge in [-0.2, -0.15) is 0 Å². The van der Waals surface area contributed by atoms with Crippen LogP contribution in [0.4, 0.5) is 0 Å². The predicted octanol–water partition coefficient (Wildman–Crippen LogP) is -0.403. The van der Waals surface area contributed by atoms with Gasteiger partial charge in [0.15, 0.2) is 6.35 Å². The molecule has 0 aliphatic rings. The highest BCUT2D eigenvalue weighted by Crippen LogP contribution is 2.35. The molecule has 0 aliphatic heterocycles. The Balaban J connectivity index is 2.91. The Labute approximate surface area is 96.0 Å². The minimum atomic E-state index is -4.29. The van der Waals surface area contributed by atoms with Crippen LogP contribution in [0, 0.1) is 0 Å². The van der Waals surface area contributed by atoms with Crippen LogP contribution in [0.2, 0.25) is 0 Å². The summed E-state index contributed by atoms with van der Waals surface area (Å²) in [6.45, 7) is 1.68. The molecule has 0 saturated carbocycles. The van der Waals surface area contributed by atoms with Crippen LogP contribution in [0.5, 0.6) is 0 Å². The van der Waals surface area contributed by atoms with E-state index in [2.05, 4.69) is 0 Å². The average Bonchev–Trinajstić information content (AvgIpc) is 2.19. The fraction of sp³-hybridized carbons (Fsp3) is 0.500. The van der Waals surface area contributed by atoms with Gasteiger partial charge in [-0.15, -0.1) is 0 Å². The molecule has 0 fully saturated rings. The van der Waals surface area contributed by atoms with Crippen molar-refractivity contribution in [2.45, 2.75) is 19.6 Å². The second kappa shape index (κ2) is 5.42. The monoisotopic (exact) mass is 264 g/mol. The van der Waals surface area contributed by atoms with Crippen LogP contribution in [-0.2, 0) is 9.30 Å². The van der Waals surface area contributed by atoms with Crippen molar-refractivity contribution in [3.8, 4) is 0 Å². The smallest absolute Gasteiger partial charge is 0.345 e. The maximum absolute atomic E-state index is 11.4. The third kappa shape index (κ3) is 4.27. The van der Waals surface area contributed by atoms with Gasteiger partial charge in [0.1, 0.15) is 6.23 Å². The molecule has 0 aliphatic carbocycles. The largest absolute Gasteiger partial charge is 0.351 e.